The summed E-state index contributed by atoms with van der Waals surface area (Å²) < 4.78 is 7.13. The summed E-state index contributed by atoms with van der Waals surface area (Å²) in [6, 6.07) is 0.338. The van der Waals surface area contributed by atoms with Crippen LogP contribution in [-0.2, 0) is 24.3 Å². The number of aryl methyl sites for hydroxylation is 1. The minimum atomic E-state index is 0.338. The van der Waals surface area contributed by atoms with Crippen molar-refractivity contribution in [3.63, 3.8) is 0 Å². The molecule has 0 spiro atoms. The Morgan fingerprint density at radius 3 is 2.88 bits per heavy atom. The minimum absolute atomic E-state index is 0.338. The molecular formula is C18H32N6O. The third kappa shape index (κ3) is 5.17. The third-order valence-electron chi connectivity index (χ3n) is 5.31. The number of rotatable bonds is 6. The molecule has 0 saturated heterocycles. The Labute approximate surface area is 150 Å². The van der Waals surface area contributed by atoms with Gasteiger partial charge in [-0.1, -0.05) is 32.1 Å². The average molecular weight is 348 g/mol. The highest BCUT2D eigenvalue weighted by molar-refractivity contribution is 5.79. The Morgan fingerprint density at radius 2 is 2.12 bits per heavy atom. The number of nitrogens with one attached hydrogen (secondary N) is 2. The Morgan fingerprint density at radius 1 is 1.28 bits per heavy atom. The molecule has 1 aromatic rings. The third-order valence-corrected chi connectivity index (χ3v) is 5.31. The molecule has 3 rings (SSSR count). The van der Waals surface area contributed by atoms with Gasteiger partial charge in [-0.15, -0.1) is 0 Å². The van der Waals surface area contributed by atoms with Gasteiger partial charge in [0.1, 0.15) is 12.4 Å². The largest absolute Gasteiger partial charge is 0.377 e. The van der Waals surface area contributed by atoms with Crippen molar-refractivity contribution in [1.29, 1.82) is 0 Å². The minimum Gasteiger partial charge on any atom is -0.377 e. The lowest BCUT2D eigenvalue weighted by atomic mass is 9.87. The van der Waals surface area contributed by atoms with E-state index < -0.39 is 0 Å². The van der Waals surface area contributed by atoms with Crippen molar-refractivity contribution in [3.05, 3.63) is 11.6 Å². The molecule has 1 fully saturated rings. The second kappa shape index (κ2) is 9.17. The van der Waals surface area contributed by atoms with Crippen molar-refractivity contribution in [2.24, 2.45) is 10.9 Å². The summed E-state index contributed by atoms with van der Waals surface area (Å²) in [7, 11) is 3.52. The van der Waals surface area contributed by atoms with Crippen LogP contribution in [0.25, 0.3) is 0 Å². The number of guanidine groups is 1. The number of nitrogens with zero attached hydrogens (tertiary/aromatic N) is 4. The molecular weight excluding hydrogens is 316 g/mol. The highest BCUT2D eigenvalue weighted by Crippen LogP contribution is 2.25. The van der Waals surface area contributed by atoms with E-state index in [4.69, 9.17) is 4.74 Å². The van der Waals surface area contributed by atoms with Crippen molar-refractivity contribution >= 4 is 5.96 Å². The van der Waals surface area contributed by atoms with Crippen LogP contribution in [0.1, 0.15) is 56.6 Å². The number of aliphatic imine (C=N–C) groups is 1. The molecule has 0 bridgehead atoms. The first-order chi connectivity index (χ1) is 12.3. The summed E-state index contributed by atoms with van der Waals surface area (Å²) >= 11 is 0. The van der Waals surface area contributed by atoms with Crippen molar-refractivity contribution in [2.75, 3.05) is 20.7 Å². The summed E-state index contributed by atoms with van der Waals surface area (Å²) in [4.78, 5) is 8.91. The number of aromatic nitrogens is 3. The van der Waals surface area contributed by atoms with E-state index in [1.165, 1.54) is 38.5 Å². The molecule has 1 atom stereocenters. The number of hydrogen-bond donors (Lipinski definition) is 2. The van der Waals surface area contributed by atoms with Crippen molar-refractivity contribution in [1.82, 2.24) is 25.4 Å². The maximum Gasteiger partial charge on any atom is 0.191 e. The Kier molecular flexibility index (Phi) is 6.67. The van der Waals surface area contributed by atoms with Gasteiger partial charge in [0, 0.05) is 33.2 Å². The van der Waals surface area contributed by atoms with E-state index in [0.29, 0.717) is 12.6 Å². The molecule has 1 aliphatic carbocycles. The van der Waals surface area contributed by atoms with E-state index in [0.717, 1.165) is 49.5 Å². The van der Waals surface area contributed by atoms with Crippen LogP contribution in [0.4, 0.5) is 0 Å². The van der Waals surface area contributed by atoms with Gasteiger partial charge < -0.3 is 15.4 Å². The molecule has 1 unspecified atom stereocenters. The lowest BCUT2D eigenvalue weighted by Gasteiger charge is -2.26. The van der Waals surface area contributed by atoms with Gasteiger partial charge in [0.2, 0.25) is 0 Å². The van der Waals surface area contributed by atoms with Crippen LogP contribution in [0, 0.1) is 5.92 Å². The molecule has 1 aliphatic heterocycles. The van der Waals surface area contributed by atoms with Crippen LogP contribution in [-0.4, -0.2) is 47.5 Å². The lowest BCUT2D eigenvalue weighted by molar-refractivity contribution is 0.177. The smallest absolute Gasteiger partial charge is 0.191 e. The van der Waals surface area contributed by atoms with Crippen LogP contribution >= 0.6 is 0 Å². The fourth-order valence-corrected chi connectivity index (χ4v) is 3.93. The number of ether oxygens (including phenoxy) is 1. The van der Waals surface area contributed by atoms with E-state index in [9.17, 15) is 0 Å². The Balaban J connectivity index is 1.43. The molecule has 7 nitrogen and oxygen atoms in total. The first-order valence-electron chi connectivity index (χ1n) is 9.67. The molecule has 2 heterocycles. The van der Waals surface area contributed by atoms with Gasteiger partial charge in [-0.05, 0) is 18.8 Å². The molecule has 1 saturated carbocycles. The standard InChI is InChI=1S/C18H32N6O/c1-19-18(20-11-10-14-6-4-3-5-7-14)21-15-8-9-17-22-16(13-25-2)23-24(17)12-15/h14-15H,3-13H2,1-2H3,(H2,19,20,21). The summed E-state index contributed by atoms with van der Waals surface area (Å²) in [6.45, 7) is 2.31. The summed E-state index contributed by atoms with van der Waals surface area (Å²) in [5.74, 6) is 3.63. The average Bonchev–Trinajstić information content (AvgIpc) is 3.03. The zero-order chi connectivity index (χ0) is 17.5. The first kappa shape index (κ1) is 18.2. The van der Waals surface area contributed by atoms with E-state index in [-0.39, 0.29) is 0 Å². The van der Waals surface area contributed by atoms with E-state index in [2.05, 4.69) is 25.7 Å². The second-order valence-electron chi connectivity index (χ2n) is 7.23. The maximum absolute atomic E-state index is 5.13. The maximum atomic E-state index is 5.13. The van der Waals surface area contributed by atoms with Crippen LogP contribution < -0.4 is 10.6 Å². The molecule has 0 aromatic carbocycles. The Hall–Kier alpha value is -1.63. The van der Waals surface area contributed by atoms with Crippen LogP contribution in [0.3, 0.4) is 0 Å². The van der Waals surface area contributed by atoms with Crippen LogP contribution in [0.15, 0.2) is 4.99 Å². The topological polar surface area (TPSA) is 76.4 Å². The normalized spacial score (nSPS) is 21.8. The van der Waals surface area contributed by atoms with Gasteiger partial charge >= 0.3 is 0 Å². The van der Waals surface area contributed by atoms with E-state index >= 15 is 0 Å². The van der Waals surface area contributed by atoms with Gasteiger partial charge in [-0.3, -0.25) is 4.99 Å². The number of hydrogen-bond acceptors (Lipinski definition) is 4. The number of methoxy groups -OCH3 is 1. The molecule has 0 amide bonds. The molecule has 0 radical (unpaired) electrons. The van der Waals surface area contributed by atoms with Crippen molar-refractivity contribution in [2.45, 2.75) is 70.6 Å². The van der Waals surface area contributed by atoms with Gasteiger partial charge in [-0.25, -0.2) is 9.67 Å². The molecule has 2 aliphatic rings. The predicted molar refractivity (Wildman–Crippen MR) is 98.5 cm³/mol. The zero-order valence-electron chi connectivity index (χ0n) is 15.6. The molecule has 7 heteroatoms. The second-order valence-corrected chi connectivity index (χ2v) is 7.23. The SMILES string of the molecule is CN=C(NCCC1CCCCC1)NC1CCc2nc(COC)nn2C1. The van der Waals surface area contributed by atoms with Gasteiger partial charge in [0.05, 0.1) is 6.54 Å². The molecule has 2 N–H and O–H groups in total. The monoisotopic (exact) mass is 348 g/mol. The predicted octanol–water partition coefficient (Wildman–Crippen LogP) is 1.87. The zero-order valence-corrected chi connectivity index (χ0v) is 15.6. The molecule has 25 heavy (non-hydrogen) atoms. The Bertz CT molecular complexity index is 564. The molecule has 1 aromatic heterocycles. The van der Waals surface area contributed by atoms with Crippen molar-refractivity contribution < 1.29 is 4.74 Å². The number of fused-ring (bicyclic) bond motifs is 1. The van der Waals surface area contributed by atoms with E-state index in [1.54, 1.807) is 7.11 Å². The first-order valence-corrected chi connectivity index (χ1v) is 9.67. The summed E-state index contributed by atoms with van der Waals surface area (Å²) in [5.41, 5.74) is 0. The fourth-order valence-electron chi connectivity index (χ4n) is 3.93. The summed E-state index contributed by atoms with van der Waals surface area (Å²) in [6.07, 6.45) is 10.3. The van der Waals surface area contributed by atoms with Crippen molar-refractivity contribution in [3.8, 4) is 0 Å². The highest BCUT2D eigenvalue weighted by atomic mass is 16.5. The summed E-state index contributed by atoms with van der Waals surface area (Å²) in [5, 5.41) is 11.6. The van der Waals surface area contributed by atoms with Gasteiger partial charge in [0.15, 0.2) is 11.8 Å². The van der Waals surface area contributed by atoms with Crippen LogP contribution in [0.2, 0.25) is 0 Å². The molecule has 140 valence electrons. The highest BCUT2D eigenvalue weighted by Gasteiger charge is 2.22. The van der Waals surface area contributed by atoms with Gasteiger partial charge in [-0.2, -0.15) is 5.10 Å². The fraction of sp³-hybridized carbons (Fsp3) is 0.833. The van der Waals surface area contributed by atoms with E-state index in [1.807, 2.05) is 11.7 Å². The van der Waals surface area contributed by atoms with Crippen LogP contribution in [0.5, 0.6) is 0 Å². The van der Waals surface area contributed by atoms with Gasteiger partial charge in [0.25, 0.3) is 0 Å². The quantitative estimate of drug-likeness (QED) is 0.606. The lowest BCUT2D eigenvalue weighted by Crippen LogP contribution is -2.47.